The Morgan fingerprint density at radius 2 is 1.65 bits per heavy atom. The molecule has 1 N–H and O–H groups in total. The molecule has 0 aromatic heterocycles. The first kappa shape index (κ1) is 19.6. The SMILES string of the molecule is CCN(CC)c1ccc(NC(=O)/C=C/c2c(C)cc(OC)cc2C)cc1. The van der Waals surface area contributed by atoms with E-state index in [1.165, 1.54) is 0 Å². The molecule has 0 saturated heterocycles. The maximum Gasteiger partial charge on any atom is 0.248 e. The van der Waals surface area contributed by atoms with Crippen molar-refractivity contribution in [2.45, 2.75) is 27.7 Å². The highest BCUT2D eigenvalue weighted by Crippen LogP contribution is 2.23. The van der Waals surface area contributed by atoms with Crippen LogP contribution in [0.25, 0.3) is 6.08 Å². The normalized spacial score (nSPS) is 10.8. The first-order valence-electron chi connectivity index (χ1n) is 8.97. The topological polar surface area (TPSA) is 41.6 Å². The number of amides is 1. The number of methoxy groups -OCH3 is 1. The molecule has 0 bridgehead atoms. The summed E-state index contributed by atoms with van der Waals surface area (Å²) in [6.45, 7) is 10.2. The molecule has 138 valence electrons. The lowest BCUT2D eigenvalue weighted by Crippen LogP contribution is -2.21. The van der Waals surface area contributed by atoms with Gasteiger partial charge in [0.05, 0.1) is 7.11 Å². The Bertz CT molecular complexity index is 752. The van der Waals surface area contributed by atoms with Crippen LogP contribution in [0.1, 0.15) is 30.5 Å². The number of aryl methyl sites for hydroxylation is 2. The number of anilines is 2. The van der Waals surface area contributed by atoms with E-state index in [2.05, 4.69) is 24.1 Å². The Morgan fingerprint density at radius 3 is 2.15 bits per heavy atom. The monoisotopic (exact) mass is 352 g/mol. The average Bonchev–Trinajstić information content (AvgIpc) is 2.63. The van der Waals surface area contributed by atoms with E-state index in [-0.39, 0.29) is 5.91 Å². The van der Waals surface area contributed by atoms with Crippen LogP contribution in [0.3, 0.4) is 0 Å². The van der Waals surface area contributed by atoms with Crippen molar-refractivity contribution in [3.05, 3.63) is 59.2 Å². The molecule has 0 heterocycles. The van der Waals surface area contributed by atoms with Gasteiger partial charge in [-0.1, -0.05) is 0 Å². The third-order valence-electron chi connectivity index (χ3n) is 4.47. The molecule has 0 saturated carbocycles. The summed E-state index contributed by atoms with van der Waals surface area (Å²) >= 11 is 0. The van der Waals surface area contributed by atoms with Crippen molar-refractivity contribution in [3.8, 4) is 5.75 Å². The standard InChI is InChI=1S/C22H28N2O2/c1-6-24(7-2)19-10-8-18(9-11-19)23-22(25)13-12-21-16(3)14-20(26-5)15-17(21)4/h8-15H,6-7H2,1-5H3,(H,23,25)/b13-12+. The lowest BCUT2D eigenvalue weighted by atomic mass is 10.0. The summed E-state index contributed by atoms with van der Waals surface area (Å²) in [4.78, 5) is 14.5. The van der Waals surface area contributed by atoms with Crippen molar-refractivity contribution in [1.29, 1.82) is 0 Å². The van der Waals surface area contributed by atoms with Gasteiger partial charge in [-0.05, 0) is 86.9 Å². The van der Waals surface area contributed by atoms with Crippen LogP contribution in [0, 0.1) is 13.8 Å². The molecule has 2 aromatic rings. The summed E-state index contributed by atoms with van der Waals surface area (Å²) in [5.41, 5.74) is 5.15. The van der Waals surface area contributed by atoms with Gasteiger partial charge in [0.15, 0.2) is 0 Å². The number of rotatable bonds is 7. The molecule has 0 aliphatic carbocycles. The van der Waals surface area contributed by atoms with Gasteiger partial charge in [0.25, 0.3) is 0 Å². The van der Waals surface area contributed by atoms with Crippen LogP contribution in [-0.4, -0.2) is 26.1 Å². The molecule has 0 unspecified atom stereocenters. The second-order valence-electron chi connectivity index (χ2n) is 6.22. The number of benzene rings is 2. The second kappa shape index (κ2) is 9.09. The number of nitrogens with zero attached hydrogens (tertiary/aromatic N) is 1. The van der Waals surface area contributed by atoms with Gasteiger partial charge in [0.1, 0.15) is 5.75 Å². The number of hydrogen-bond acceptors (Lipinski definition) is 3. The van der Waals surface area contributed by atoms with Crippen LogP contribution in [-0.2, 0) is 4.79 Å². The molecule has 0 spiro atoms. The molecule has 0 radical (unpaired) electrons. The van der Waals surface area contributed by atoms with Crippen molar-refractivity contribution in [2.24, 2.45) is 0 Å². The number of hydrogen-bond donors (Lipinski definition) is 1. The molecule has 0 aliphatic heterocycles. The van der Waals surface area contributed by atoms with Crippen LogP contribution in [0.4, 0.5) is 11.4 Å². The molecular weight excluding hydrogens is 324 g/mol. The summed E-state index contributed by atoms with van der Waals surface area (Å²) in [6.07, 6.45) is 3.42. The fourth-order valence-electron chi connectivity index (χ4n) is 3.00. The van der Waals surface area contributed by atoms with Gasteiger partial charge in [-0.25, -0.2) is 0 Å². The fourth-order valence-corrected chi connectivity index (χ4v) is 3.00. The maximum atomic E-state index is 12.2. The zero-order chi connectivity index (χ0) is 19.1. The highest BCUT2D eigenvalue weighted by atomic mass is 16.5. The van der Waals surface area contributed by atoms with E-state index < -0.39 is 0 Å². The van der Waals surface area contributed by atoms with Gasteiger partial charge in [-0.3, -0.25) is 4.79 Å². The van der Waals surface area contributed by atoms with E-state index in [0.717, 1.165) is 46.9 Å². The summed E-state index contributed by atoms with van der Waals surface area (Å²) in [5, 5.41) is 2.91. The lowest BCUT2D eigenvalue weighted by molar-refractivity contribution is -0.111. The molecule has 2 aromatic carbocycles. The fraction of sp³-hybridized carbons (Fsp3) is 0.318. The van der Waals surface area contributed by atoms with E-state index in [1.807, 2.05) is 56.3 Å². The van der Waals surface area contributed by atoms with E-state index >= 15 is 0 Å². The van der Waals surface area contributed by atoms with Gasteiger partial charge in [-0.2, -0.15) is 0 Å². The highest BCUT2D eigenvalue weighted by Gasteiger charge is 2.05. The van der Waals surface area contributed by atoms with Crippen LogP contribution in [0.5, 0.6) is 5.75 Å². The van der Waals surface area contributed by atoms with Crippen molar-refractivity contribution < 1.29 is 9.53 Å². The van der Waals surface area contributed by atoms with Crippen molar-refractivity contribution in [3.63, 3.8) is 0 Å². The summed E-state index contributed by atoms with van der Waals surface area (Å²) < 4.78 is 5.27. The Labute approximate surface area is 156 Å². The number of ether oxygens (including phenoxy) is 1. The summed E-state index contributed by atoms with van der Waals surface area (Å²) in [5.74, 6) is 0.685. The second-order valence-corrected chi connectivity index (χ2v) is 6.22. The smallest absolute Gasteiger partial charge is 0.248 e. The molecule has 2 rings (SSSR count). The molecular formula is C22H28N2O2. The van der Waals surface area contributed by atoms with E-state index in [1.54, 1.807) is 13.2 Å². The molecule has 1 amide bonds. The van der Waals surface area contributed by atoms with E-state index in [4.69, 9.17) is 4.74 Å². The minimum Gasteiger partial charge on any atom is -0.497 e. The predicted molar refractivity (Wildman–Crippen MR) is 110 cm³/mol. The van der Waals surface area contributed by atoms with Crippen LogP contribution in [0.15, 0.2) is 42.5 Å². The number of carbonyl (C=O) groups excluding carboxylic acids is 1. The van der Waals surface area contributed by atoms with Gasteiger partial charge in [0.2, 0.25) is 5.91 Å². The zero-order valence-electron chi connectivity index (χ0n) is 16.3. The first-order chi connectivity index (χ1) is 12.5. The Kier molecular flexibility index (Phi) is 6.84. The maximum absolute atomic E-state index is 12.2. The third kappa shape index (κ3) is 4.88. The van der Waals surface area contributed by atoms with Gasteiger partial charge >= 0.3 is 0 Å². The lowest BCUT2D eigenvalue weighted by Gasteiger charge is -2.21. The molecule has 4 nitrogen and oxygen atoms in total. The van der Waals surface area contributed by atoms with Crippen molar-refractivity contribution >= 4 is 23.4 Å². The van der Waals surface area contributed by atoms with Gasteiger partial charge in [-0.15, -0.1) is 0 Å². The van der Waals surface area contributed by atoms with E-state index in [0.29, 0.717) is 0 Å². The van der Waals surface area contributed by atoms with Crippen molar-refractivity contribution in [1.82, 2.24) is 0 Å². The molecule has 0 fully saturated rings. The third-order valence-corrected chi connectivity index (χ3v) is 4.47. The summed E-state index contributed by atoms with van der Waals surface area (Å²) in [6, 6.07) is 11.9. The molecule has 0 aliphatic rings. The van der Waals surface area contributed by atoms with Crippen LogP contribution < -0.4 is 15.0 Å². The summed E-state index contributed by atoms with van der Waals surface area (Å²) in [7, 11) is 1.66. The average molecular weight is 352 g/mol. The van der Waals surface area contributed by atoms with Crippen LogP contribution in [0.2, 0.25) is 0 Å². The molecule has 4 heteroatoms. The van der Waals surface area contributed by atoms with E-state index in [9.17, 15) is 4.79 Å². The zero-order valence-corrected chi connectivity index (χ0v) is 16.3. The van der Waals surface area contributed by atoms with Crippen molar-refractivity contribution in [2.75, 3.05) is 30.4 Å². The van der Waals surface area contributed by atoms with Gasteiger partial charge in [0, 0.05) is 30.5 Å². The van der Waals surface area contributed by atoms with Crippen LogP contribution >= 0.6 is 0 Å². The first-order valence-corrected chi connectivity index (χ1v) is 8.97. The number of nitrogens with one attached hydrogen (secondary N) is 1. The largest absolute Gasteiger partial charge is 0.497 e. The predicted octanol–water partition coefficient (Wildman–Crippen LogP) is 4.81. The highest BCUT2D eigenvalue weighted by molar-refractivity contribution is 6.02. The Morgan fingerprint density at radius 1 is 1.08 bits per heavy atom. The Hall–Kier alpha value is -2.75. The number of carbonyl (C=O) groups is 1. The van der Waals surface area contributed by atoms with Gasteiger partial charge < -0.3 is 15.0 Å². The quantitative estimate of drug-likeness (QED) is 0.727. The minimum atomic E-state index is -0.143. The molecule has 0 atom stereocenters. The molecule has 26 heavy (non-hydrogen) atoms. The Balaban J connectivity index is 2.06. The minimum absolute atomic E-state index is 0.143.